The monoisotopic (exact) mass is 288 g/mol. The molecule has 19 heavy (non-hydrogen) atoms. The van der Waals surface area contributed by atoms with Crippen molar-refractivity contribution >= 4 is 6.03 Å². The second-order valence-electron chi connectivity index (χ2n) is 3.05. The fraction of sp³-hybridized carbons (Fsp3) is 0.889. The van der Waals surface area contributed by atoms with E-state index in [9.17, 15) is 4.79 Å². The fourth-order valence-corrected chi connectivity index (χ4v) is 0.264. The van der Waals surface area contributed by atoms with Gasteiger partial charge in [0.2, 0.25) is 0 Å². The number of aliphatic hydroxyl groups is 7. The van der Waals surface area contributed by atoms with Gasteiger partial charge in [0.1, 0.15) is 19.6 Å². The Bertz CT molecular complexity index is 170. The second kappa shape index (κ2) is 19.3. The minimum Gasteiger partial charge on any atom is -0.394 e. The van der Waals surface area contributed by atoms with Crippen molar-refractivity contribution < 1.29 is 40.5 Å². The molecule has 0 radical (unpaired) electrons. The van der Waals surface area contributed by atoms with Crippen LogP contribution in [0, 0.1) is 0 Å². The SMILES string of the molecule is CC(O)CO.O=C(NCO)NCO.OCC(O)CO. The largest absolute Gasteiger partial charge is 0.394 e. The number of amides is 2. The molecule has 2 amide bonds. The minimum absolute atomic E-state index is 0.139. The number of carbonyl (C=O) groups excluding carboxylic acids is 1. The van der Waals surface area contributed by atoms with Crippen LogP contribution in [-0.2, 0) is 0 Å². The van der Waals surface area contributed by atoms with Crippen LogP contribution >= 0.6 is 0 Å². The molecule has 0 aromatic heterocycles. The summed E-state index contributed by atoms with van der Waals surface area (Å²) >= 11 is 0. The van der Waals surface area contributed by atoms with Crippen molar-refractivity contribution in [1.82, 2.24) is 10.6 Å². The van der Waals surface area contributed by atoms with E-state index in [4.69, 9.17) is 35.7 Å². The molecule has 0 spiro atoms. The standard InChI is InChI=1S/C3H8N2O3.C3H8O3.C3H8O2/c6-1-4-3(8)5-2-7;4-1-3(6)2-5;1-3(5)2-4/h6-7H,1-2H2,(H2,4,5,8);3-6H,1-2H2;3-5H,2H2,1H3. The van der Waals surface area contributed by atoms with Crippen LogP contribution < -0.4 is 10.6 Å². The van der Waals surface area contributed by atoms with Crippen molar-refractivity contribution in [2.24, 2.45) is 0 Å². The van der Waals surface area contributed by atoms with Crippen LogP contribution in [0.15, 0.2) is 0 Å². The van der Waals surface area contributed by atoms with E-state index in [1.54, 1.807) is 0 Å². The van der Waals surface area contributed by atoms with Gasteiger partial charge in [-0.2, -0.15) is 0 Å². The average Bonchev–Trinajstić information content (AvgIpc) is 2.39. The molecule has 1 unspecified atom stereocenters. The highest BCUT2D eigenvalue weighted by Crippen LogP contribution is 1.71. The molecule has 118 valence electrons. The number of carbonyl (C=O) groups is 1. The van der Waals surface area contributed by atoms with Gasteiger partial charge in [-0.3, -0.25) is 0 Å². The summed E-state index contributed by atoms with van der Waals surface area (Å²) in [5.41, 5.74) is 0. The highest BCUT2D eigenvalue weighted by Gasteiger charge is 1.93. The molecule has 0 heterocycles. The summed E-state index contributed by atoms with van der Waals surface area (Å²) in [6.45, 7) is -0.190. The molecule has 0 bridgehead atoms. The van der Waals surface area contributed by atoms with Crippen molar-refractivity contribution in [1.29, 1.82) is 0 Å². The number of rotatable bonds is 5. The summed E-state index contributed by atoms with van der Waals surface area (Å²) in [6, 6.07) is -0.588. The highest BCUT2D eigenvalue weighted by molar-refractivity contribution is 5.73. The van der Waals surface area contributed by atoms with E-state index in [1.807, 2.05) is 10.6 Å². The maximum Gasteiger partial charge on any atom is 0.318 e. The zero-order valence-corrected chi connectivity index (χ0v) is 10.7. The maximum absolute atomic E-state index is 10.1. The average molecular weight is 288 g/mol. The Balaban J connectivity index is -0.000000209. The zero-order chi connectivity index (χ0) is 15.7. The summed E-state index contributed by atoms with van der Waals surface area (Å²) in [5.74, 6) is 0. The Hall–Kier alpha value is -1.01. The first-order chi connectivity index (χ1) is 8.89. The number of hydrogen-bond donors (Lipinski definition) is 9. The first kappa shape index (κ1) is 23.1. The van der Waals surface area contributed by atoms with E-state index in [0.29, 0.717) is 0 Å². The molecule has 0 aliphatic rings. The van der Waals surface area contributed by atoms with E-state index in [2.05, 4.69) is 0 Å². The number of aliphatic hydroxyl groups excluding tert-OH is 7. The molecular weight excluding hydrogens is 264 g/mol. The van der Waals surface area contributed by atoms with Gasteiger partial charge < -0.3 is 46.4 Å². The van der Waals surface area contributed by atoms with E-state index >= 15 is 0 Å². The molecule has 10 nitrogen and oxygen atoms in total. The van der Waals surface area contributed by atoms with Gasteiger partial charge in [0.15, 0.2) is 0 Å². The first-order valence-corrected chi connectivity index (χ1v) is 5.31. The Morgan fingerprint density at radius 2 is 1.21 bits per heavy atom. The van der Waals surface area contributed by atoms with Crippen LogP contribution in [0.25, 0.3) is 0 Å². The predicted octanol–water partition coefficient (Wildman–Crippen LogP) is -4.12. The van der Waals surface area contributed by atoms with Gasteiger partial charge in [-0.25, -0.2) is 4.79 Å². The molecule has 0 aliphatic carbocycles. The second-order valence-corrected chi connectivity index (χ2v) is 3.05. The van der Waals surface area contributed by atoms with Crippen molar-refractivity contribution in [3.05, 3.63) is 0 Å². The van der Waals surface area contributed by atoms with Crippen LogP contribution in [-0.4, -0.2) is 87.3 Å². The number of urea groups is 1. The lowest BCUT2D eigenvalue weighted by molar-refractivity contribution is 0.0450. The molecule has 1 atom stereocenters. The lowest BCUT2D eigenvalue weighted by Crippen LogP contribution is -2.36. The molecule has 9 N–H and O–H groups in total. The van der Waals surface area contributed by atoms with Crippen LogP contribution in [0.2, 0.25) is 0 Å². The van der Waals surface area contributed by atoms with Crippen molar-refractivity contribution in [3.63, 3.8) is 0 Å². The van der Waals surface area contributed by atoms with Gasteiger partial charge in [0.25, 0.3) is 0 Å². The summed E-state index contributed by atoms with van der Waals surface area (Å²) in [7, 11) is 0. The lowest BCUT2D eigenvalue weighted by Gasteiger charge is -1.98. The number of hydrogen-bond acceptors (Lipinski definition) is 8. The van der Waals surface area contributed by atoms with Crippen LogP contribution in [0.4, 0.5) is 4.79 Å². The van der Waals surface area contributed by atoms with Crippen LogP contribution in [0.1, 0.15) is 6.92 Å². The third-order valence-electron chi connectivity index (χ3n) is 1.16. The van der Waals surface area contributed by atoms with Gasteiger partial charge in [0.05, 0.1) is 25.9 Å². The van der Waals surface area contributed by atoms with Crippen molar-refractivity contribution in [2.75, 3.05) is 33.3 Å². The maximum atomic E-state index is 10.1. The van der Waals surface area contributed by atoms with E-state index < -0.39 is 31.7 Å². The predicted molar refractivity (Wildman–Crippen MR) is 64.8 cm³/mol. The lowest BCUT2D eigenvalue weighted by atomic mass is 10.4. The smallest absolute Gasteiger partial charge is 0.318 e. The first-order valence-electron chi connectivity index (χ1n) is 5.31. The van der Waals surface area contributed by atoms with Crippen LogP contribution in [0.3, 0.4) is 0 Å². The molecule has 0 aromatic carbocycles. The summed E-state index contributed by atoms with van der Waals surface area (Å²) < 4.78 is 0. The molecule has 0 rings (SSSR count). The summed E-state index contributed by atoms with van der Waals surface area (Å²) in [6.07, 6.45) is -1.51. The van der Waals surface area contributed by atoms with Crippen LogP contribution in [0.5, 0.6) is 0 Å². The Morgan fingerprint density at radius 3 is 1.32 bits per heavy atom. The summed E-state index contributed by atoms with van der Waals surface area (Å²) in [4.78, 5) is 10.1. The Kier molecular flexibility index (Phi) is 23.5. The fourth-order valence-electron chi connectivity index (χ4n) is 0.264. The van der Waals surface area contributed by atoms with E-state index in [0.717, 1.165) is 0 Å². The van der Waals surface area contributed by atoms with E-state index in [-0.39, 0.29) is 19.8 Å². The Morgan fingerprint density at radius 1 is 0.895 bits per heavy atom. The summed E-state index contributed by atoms with van der Waals surface area (Å²) in [5, 5.41) is 60.0. The molecule has 0 saturated carbocycles. The quantitative estimate of drug-likeness (QED) is 0.228. The van der Waals surface area contributed by atoms with Crippen molar-refractivity contribution in [2.45, 2.75) is 19.1 Å². The topological polar surface area (TPSA) is 183 Å². The molecular formula is C9H24N2O8. The third-order valence-corrected chi connectivity index (χ3v) is 1.16. The zero-order valence-electron chi connectivity index (χ0n) is 10.7. The molecule has 0 aliphatic heterocycles. The van der Waals surface area contributed by atoms with Gasteiger partial charge in [-0.1, -0.05) is 0 Å². The number of nitrogens with one attached hydrogen (secondary N) is 2. The van der Waals surface area contributed by atoms with Gasteiger partial charge in [-0.15, -0.1) is 0 Å². The normalized spacial score (nSPS) is 10.6. The van der Waals surface area contributed by atoms with Gasteiger partial charge in [0, 0.05) is 0 Å². The van der Waals surface area contributed by atoms with Crippen molar-refractivity contribution in [3.8, 4) is 0 Å². The van der Waals surface area contributed by atoms with Gasteiger partial charge >= 0.3 is 6.03 Å². The highest BCUT2D eigenvalue weighted by atomic mass is 16.3. The Labute approximate surface area is 110 Å². The third kappa shape index (κ3) is 31.6. The molecule has 0 fully saturated rings. The molecule has 10 heteroatoms. The molecule has 0 aromatic rings. The van der Waals surface area contributed by atoms with E-state index in [1.165, 1.54) is 6.92 Å². The van der Waals surface area contributed by atoms with Gasteiger partial charge in [-0.05, 0) is 6.92 Å². The minimum atomic E-state index is -0.954. The molecule has 0 saturated heterocycles.